The molecule has 0 radical (unpaired) electrons. The number of rotatable bonds is 3. The van der Waals surface area contributed by atoms with E-state index in [4.69, 9.17) is 5.11 Å². The molecule has 0 aliphatic carbocycles. The Hall–Kier alpha value is -1.92. The van der Waals surface area contributed by atoms with Crippen molar-refractivity contribution < 1.29 is 32.6 Å². The second-order valence-electron chi connectivity index (χ2n) is 2.42. The lowest BCUT2D eigenvalue weighted by molar-refractivity contribution is 0.0469. The van der Waals surface area contributed by atoms with Gasteiger partial charge in [0.1, 0.15) is 0 Å². The molecule has 0 fully saturated rings. The third kappa shape index (κ3) is 1.95. The number of halogens is 2. The molecule has 0 saturated heterocycles. The molecule has 82 valence electrons. The maximum absolute atomic E-state index is 12.8. The fraction of sp³-hybridized carbons (Fsp3) is 0.250. The van der Waals surface area contributed by atoms with E-state index >= 15 is 0 Å². The molecule has 0 aromatic carbocycles. The van der Waals surface area contributed by atoms with Crippen molar-refractivity contribution >= 4 is 11.9 Å². The zero-order valence-corrected chi connectivity index (χ0v) is 7.54. The van der Waals surface area contributed by atoms with Crippen LogP contribution in [0.15, 0.2) is 4.42 Å². The van der Waals surface area contributed by atoms with E-state index in [1.54, 1.807) is 0 Å². The number of ether oxygens (including phenoxy) is 1. The Morgan fingerprint density at radius 2 is 2.07 bits per heavy atom. The van der Waals surface area contributed by atoms with Gasteiger partial charge in [-0.25, -0.2) is 9.59 Å². The van der Waals surface area contributed by atoms with Gasteiger partial charge in [-0.15, -0.1) is 0 Å². The van der Waals surface area contributed by atoms with Crippen LogP contribution in [0, 0.1) is 11.8 Å². The van der Waals surface area contributed by atoms with Crippen molar-refractivity contribution in [1.82, 2.24) is 0 Å². The molecule has 1 heterocycles. The molecular formula is C8H6F2O5. The maximum Gasteiger partial charge on any atom is 0.375 e. The van der Waals surface area contributed by atoms with Crippen molar-refractivity contribution in [3.8, 4) is 0 Å². The molecule has 7 heteroatoms. The van der Waals surface area contributed by atoms with Crippen LogP contribution in [-0.2, 0) is 4.74 Å². The summed E-state index contributed by atoms with van der Waals surface area (Å²) in [7, 11) is 0. The van der Waals surface area contributed by atoms with E-state index in [2.05, 4.69) is 9.15 Å². The van der Waals surface area contributed by atoms with E-state index in [1.807, 2.05) is 0 Å². The highest BCUT2D eigenvalue weighted by Crippen LogP contribution is 2.20. The highest BCUT2D eigenvalue weighted by molar-refractivity contribution is 6.00. The SMILES string of the molecule is CCOC(=O)c1oc(F)c(F)c1C(=O)O. The summed E-state index contributed by atoms with van der Waals surface area (Å²) in [5.74, 6) is -5.73. The van der Waals surface area contributed by atoms with E-state index in [9.17, 15) is 18.4 Å². The molecule has 0 aliphatic rings. The van der Waals surface area contributed by atoms with Gasteiger partial charge in [-0.2, -0.15) is 8.78 Å². The van der Waals surface area contributed by atoms with Gasteiger partial charge in [-0.05, 0) is 6.92 Å². The summed E-state index contributed by atoms with van der Waals surface area (Å²) >= 11 is 0. The Morgan fingerprint density at radius 3 is 2.53 bits per heavy atom. The van der Waals surface area contributed by atoms with E-state index in [1.165, 1.54) is 6.92 Å². The highest BCUT2D eigenvalue weighted by Gasteiger charge is 2.31. The number of aromatic carboxylic acids is 1. The van der Waals surface area contributed by atoms with Crippen LogP contribution in [0.25, 0.3) is 0 Å². The second kappa shape index (κ2) is 4.07. The van der Waals surface area contributed by atoms with Crippen LogP contribution in [0.4, 0.5) is 8.78 Å². The van der Waals surface area contributed by atoms with Crippen molar-refractivity contribution in [3.05, 3.63) is 23.2 Å². The summed E-state index contributed by atoms with van der Waals surface area (Å²) in [6, 6.07) is -1.75. The topological polar surface area (TPSA) is 76.7 Å². The average molecular weight is 220 g/mol. The lowest BCUT2D eigenvalue weighted by Crippen LogP contribution is -2.10. The monoisotopic (exact) mass is 220 g/mol. The van der Waals surface area contributed by atoms with Gasteiger partial charge in [0.15, 0.2) is 5.56 Å². The van der Waals surface area contributed by atoms with E-state index < -0.39 is 35.1 Å². The minimum atomic E-state index is -1.80. The molecule has 1 aromatic heterocycles. The van der Waals surface area contributed by atoms with Crippen LogP contribution in [0.1, 0.15) is 27.8 Å². The molecule has 0 spiro atoms. The summed E-state index contributed by atoms with van der Waals surface area (Å²) in [5, 5.41) is 8.50. The number of esters is 1. The van der Waals surface area contributed by atoms with Crippen molar-refractivity contribution in [2.24, 2.45) is 0 Å². The molecule has 0 unspecified atom stereocenters. The number of furan rings is 1. The number of carboxylic acid groups (broad SMARTS) is 1. The van der Waals surface area contributed by atoms with E-state index in [-0.39, 0.29) is 6.61 Å². The fourth-order valence-corrected chi connectivity index (χ4v) is 0.915. The first kappa shape index (κ1) is 11.2. The Labute approximate surface area is 82.2 Å². The van der Waals surface area contributed by atoms with Crippen molar-refractivity contribution in [2.45, 2.75) is 6.92 Å². The molecule has 0 aliphatic heterocycles. The molecule has 0 bridgehead atoms. The van der Waals surface area contributed by atoms with Crippen molar-refractivity contribution in [1.29, 1.82) is 0 Å². The van der Waals surface area contributed by atoms with Crippen LogP contribution < -0.4 is 0 Å². The molecule has 0 saturated carbocycles. The number of carbonyl (C=O) groups is 2. The Kier molecular flexibility index (Phi) is 3.03. The van der Waals surface area contributed by atoms with Gasteiger partial charge in [0.2, 0.25) is 11.6 Å². The van der Waals surface area contributed by atoms with Gasteiger partial charge in [-0.1, -0.05) is 0 Å². The zero-order valence-electron chi connectivity index (χ0n) is 7.54. The lowest BCUT2D eigenvalue weighted by Gasteiger charge is -1.98. The van der Waals surface area contributed by atoms with Gasteiger partial charge in [-0.3, -0.25) is 0 Å². The van der Waals surface area contributed by atoms with Gasteiger partial charge in [0, 0.05) is 0 Å². The van der Waals surface area contributed by atoms with Crippen LogP contribution in [0.5, 0.6) is 0 Å². The van der Waals surface area contributed by atoms with Crippen LogP contribution in [0.3, 0.4) is 0 Å². The summed E-state index contributed by atoms with van der Waals surface area (Å²) in [5.41, 5.74) is -1.16. The van der Waals surface area contributed by atoms with Gasteiger partial charge < -0.3 is 14.3 Å². The van der Waals surface area contributed by atoms with Crippen LogP contribution in [-0.4, -0.2) is 23.7 Å². The maximum atomic E-state index is 12.8. The first-order valence-electron chi connectivity index (χ1n) is 3.87. The third-order valence-corrected chi connectivity index (χ3v) is 1.49. The quantitative estimate of drug-likeness (QED) is 0.779. The smallest absolute Gasteiger partial charge is 0.375 e. The molecular weight excluding hydrogens is 214 g/mol. The molecule has 1 N–H and O–H groups in total. The minimum absolute atomic E-state index is 0.0676. The molecule has 1 rings (SSSR count). The molecule has 15 heavy (non-hydrogen) atoms. The summed E-state index contributed by atoms with van der Waals surface area (Å²) in [6.45, 7) is 1.38. The normalized spacial score (nSPS) is 10.1. The average Bonchev–Trinajstić information content (AvgIpc) is 2.44. The standard InChI is InChI=1S/C8H6F2O5/c1-2-14-8(13)5-3(7(11)12)4(9)6(10)15-5/h2H2,1H3,(H,11,12). The number of hydrogen-bond acceptors (Lipinski definition) is 4. The van der Waals surface area contributed by atoms with E-state index in [0.717, 1.165) is 0 Å². The van der Waals surface area contributed by atoms with E-state index in [0.29, 0.717) is 0 Å². The number of hydrogen-bond donors (Lipinski definition) is 1. The molecule has 1 aromatic rings. The second-order valence-corrected chi connectivity index (χ2v) is 2.42. The Morgan fingerprint density at radius 1 is 1.47 bits per heavy atom. The van der Waals surface area contributed by atoms with Gasteiger partial charge >= 0.3 is 18.0 Å². The fourth-order valence-electron chi connectivity index (χ4n) is 0.915. The van der Waals surface area contributed by atoms with Crippen LogP contribution in [0.2, 0.25) is 0 Å². The zero-order chi connectivity index (χ0) is 11.6. The molecule has 5 nitrogen and oxygen atoms in total. The summed E-state index contributed by atoms with van der Waals surface area (Å²) < 4.78 is 33.7. The summed E-state index contributed by atoms with van der Waals surface area (Å²) in [4.78, 5) is 21.5. The number of carboxylic acids is 1. The third-order valence-electron chi connectivity index (χ3n) is 1.49. The molecule has 0 amide bonds. The number of carbonyl (C=O) groups excluding carboxylic acids is 1. The largest absolute Gasteiger partial charge is 0.477 e. The first-order chi connectivity index (χ1) is 6.99. The first-order valence-corrected chi connectivity index (χ1v) is 3.87. The Balaban J connectivity index is 3.23. The van der Waals surface area contributed by atoms with Crippen molar-refractivity contribution in [2.75, 3.05) is 6.61 Å². The van der Waals surface area contributed by atoms with Crippen LogP contribution >= 0.6 is 0 Å². The van der Waals surface area contributed by atoms with Gasteiger partial charge in [0.25, 0.3) is 0 Å². The minimum Gasteiger partial charge on any atom is -0.477 e. The highest BCUT2D eigenvalue weighted by atomic mass is 19.2. The van der Waals surface area contributed by atoms with Gasteiger partial charge in [0.05, 0.1) is 6.61 Å². The predicted molar refractivity (Wildman–Crippen MR) is 41.5 cm³/mol. The predicted octanol–water partition coefficient (Wildman–Crippen LogP) is 1.43. The molecule has 0 atom stereocenters. The summed E-state index contributed by atoms with van der Waals surface area (Å²) in [6.07, 6.45) is 0. The Bertz CT molecular complexity index is 409. The lowest BCUT2D eigenvalue weighted by atomic mass is 10.2. The van der Waals surface area contributed by atoms with Crippen molar-refractivity contribution in [3.63, 3.8) is 0 Å².